The minimum Gasteiger partial charge on any atom is -0.497 e. The standard InChI is InChI=1S/C19H20N2O5S2/c1-25-10-9-21-16-8-7-14(26-2)12-17(16)27-19(21)20-18(22)13-5-4-6-15(11-13)28(3,23)24/h4-8,11-12H,9-10H2,1-3H3. The van der Waals surface area contributed by atoms with Crippen molar-refractivity contribution in [2.24, 2.45) is 4.99 Å². The van der Waals surface area contributed by atoms with Crippen molar-refractivity contribution in [3.63, 3.8) is 0 Å². The molecule has 0 aliphatic carbocycles. The summed E-state index contributed by atoms with van der Waals surface area (Å²) in [5.74, 6) is 0.210. The van der Waals surface area contributed by atoms with E-state index in [0.29, 0.717) is 23.7 Å². The minimum atomic E-state index is -3.41. The molecule has 0 bridgehead atoms. The van der Waals surface area contributed by atoms with Gasteiger partial charge in [-0.05, 0) is 36.4 Å². The first-order valence-electron chi connectivity index (χ1n) is 8.39. The smallest absolute Gasteiger partial charge is 0.279 e. The Morgan fingerprint density at radius 1 is 1.18 bits per heavy atom. The summed E-state index contributed by atoms with van der Waals surface area (Å²) < 4.78 is 36.8. The molecular weight excluding hydrogens is 400 g/mol. The van der Waals surface area contributed by atoms with Crippen LogP contribution in [0.2, 0.25) is 0 Å². The number of sulfone groups is 1. The summed E-state index contributed by atoms with van der Waals surface area (Å²) >= 11 is 1.36. The number of hydrogen-bond donors (Lipinski definition) is 0. The van der Waals surface area contributed by atoms with Crippen LogP contribution in [0.15, 0.2) is 52.4 Å². The second-order valence-corrected chi connectivity index (χ2v) is 9.10. The van der Waals surface area contributed by atoms with Crippen molar-refractivity contribution < 1.29 is 22.7 Å². The molecule has 0 N–H and O–H groups in total. The van der Waals surface area contributed by atoms with E-state index in [-0.39, 0.29) is 10.5 Å². The maximum atomic E-state index is 12.7. The molecule has 0 saturated heterocycles. The molecule has 28 heavy (non-hydrogen) atoms. The van der Waals surface area contributed by atoms with Crippen molar-refractivity contribution in [2.45, 2.75) is 11.4 Å². The monoisotopic (exact) mass is 420 g/mol. The molecule has 3 rings (SSSR count). The molecule has 0 radical (unpaired) electrons. The largest absolute Gasteiger partial charge is 0.497 e. The molecule has 9 heteroatoms. The number of carbonyl (C=O) groups excluding carboxylic acids is 1. The van der Waals surface area contributed by atoms with Crippen molar-refractivity contribution in [3.05, 3.63) is 52.8 Å². The summed E-state index contributed by atoms with van der Waals surface area (Å²) in [4.78, 5) is 17.5. The number of methoxy groups -OCH3 is 2. The van der Waals surface area contributed by atoms with Gasteiger partial charge in [0, 0.05) is 25.5 Å². The molecule has 0 spiro atoms. The van der Waals surface area contributed by atoms with Crippen molar-refractivity contribution in [1.82, 2.24) is 4.57 Å². The second-order valence-electron chi connectivity index (χ2n) is 6.08. The van der Waals surface area contributed by atoms with Gasteiger partial charge in [-0.15, -0.1) is 0 Å². The van der Waals surface area contributed by atoms with Crippen LogP contribution in [0.4, 0.5) is 0 Å². The van der Waals surface area contributed by atoms with Crippen LogP contribution in [-0.4, -0.2) is 46.0 Å². The van der Waals surface area contributed by atoms with Crippen molar-refractivity contribution in [3.8, 4) is 5.75 Å². The summed E-state index contributed by atoms with van der Waals surface area (Å²) in [6.07, 6.45) is 1.10. The lowest BCUT2D eigenvalue weighted by Gasteiger charge is -2.05. The molecule has 148 valence electrons. The number of fused-ring (bicyclic) bond motifs is 1. The third-order valence-electron chi connectivity index (χ3n) is 4.12. The van der Waals surface area contributed by atoms with Gasteiger partial charge in [0.25, 0.3) is 5.91 Å². The Morgan fingerprint density at radius 3 is 2.64 bits per heavy atom. The van der Waals surface area contributed by atoms with Gasteiger partial charge in [-0.3, -0.25) is 4.79 Å². The number of amides is 1. The first kappa shape index (κ1) is 20.2. The highest BCUT2D eigenvalue weighted by Crippen LogP contribution is 2.23. The van der Waals surface area contributed by atoms with E-state index in [9.17, 15) is 13.2 Å². The highest BCUT2D eigenvalue weighted by Gasteiger charge is 2.13. The first-order valence-corrected chi connectivity index (χ1v) is 11.1. The average molecular weight is 421 g/mol. The third kappa shape index (κ3) is 4.32. The van der Waals surface area contributed by atoms with Crippen LogP contribution in [0.5, 0.6) is 5.75 Å². The zero-order chi connectivity index (χ0) is 20.3. The fraction of sp³-hybridized carbons (Fsp3) is 0.263. The minimum absolute atomic E-state index is 0.0851. The molecular formula is C19H20N2O5S2. The predicted octanol–water partition coefficient (Wildman–Crippen LogP) is 2.50. The van der Waals surface area contributed by atoms with Gasteiger partial charge in [-0.25, -0.2) is 8.42 Å². The van der Waals surface area contributed by atoms with E-state index >= 15 is 0 Å². The molecule has 0 aliphatic rings. The zero-order valence-electron chi connectivity index (χ0n) is 15.7. The summed E-state index contributed by atoms with van der Waals surface area (Å²) in [6, 6.07) is 11.5. The maximum Gasteiger partial charge on any atom is 0.279 e. The van der Waals surface area contributed by atoms with Crippen molar-refractivity contribution in [1.29, 1.82) is 0 Å². The first-order chi connectivity index (χ1) is 13.3. The van der Waals surface area contributed by atoms with Crippen LogP contribution < -0.4 is 9.54 Å². The van der Waals surface area contributed by atoms with Crippen molar-refractivity contribution in [2.75, 3.05) is 27.1 Å². The number of aromatic nitrogens is 1. The predicted molar refractivity (Wildman–Crippen MR) is 108 cm³/mol. The van der Waals surface area contributed by atoms with Gasteiger partial charge in [0.1, 0.15) is 5.75 Å². The van der Waals surface area contributed by atoms with Gasteiger partial charge in [0.15, 0.2) is 14.6 Å². The third-order valence-corrected chi connectivity index (χ3v) is 6.27. The Morgan fingerprint density at radius 2 is 1.96 bits per heavy atom. The van der Waals surface area contributed by atoms with Gasteiger partial charge in [0.2, 0.25) is 0 Å². The van der Waals surface area contributed by atoms with E-state index < -0.39 is 15.7 Å². The van der Waals surface area contributed by atoms with Crippen LogP contribution in [0, 0.1) is 0 Å². The Balaban J connectivity index is 2.11. The van der Waals surface area contributed by atoms with E-state index in [4.69, 9.17) is 9.47 Å². The van der Waals surface area contributed by atoms with Crippen LogP contribution in [0.3, 0.4) is 0 Å². The van der Waals surface area contributed by atoms with E-state index in [2.05, 4.69) is 4.99 Å². The van der Waals surface area contributed by atoms with E-state index in [1.54, 1.807) is 20.3 Å². The number of ether oxygens (including phenoxy) is 2. The molecule has 0 atom stereocenters. The zero-order valence-corrected chi connectivity index (χ0v) is 17.3. The number of carbonyl (C=O) groups is 1. The van der Waals surface area contributed by atoms with E-state index in [1.165, 1.54) is 29.5 Å². The topological polar surface area (TPSA) is 87.0 Å². The normalized spacial score (nSPS) is 12.5. The Hall–Kier alpha value is -2.49. The Bertz CT molecular complexity index is 1190. The quantitative estimate of drug-likeness (QED) is 0.612. The fourth-order valence-electron chi connectivity index (χ4n) is 2.68. The highest BCUT2D eigenvalue weighted by atomic mass is 32.2. The van der Waals surface area contributed by atoms with Gasteiger partial charge in [-0.1, -0.05) is 17.4 Å². The highest BCUT2D eigenvalue weighted by molar-refractivity contribution is 7.90. The van der Waals surface area contributed by atoms with Gasteiger partial charge in [-0.2, -0.15) is 4.99 Å². The SMILES string of the molecule is COCCn1c(=NC(=O)c2cccc(S(C)(=O)=O)c2)sc2cc(OC)ccc21. The van der Waals surface area contributed by atoms with Crippen LogP contribution >= 0.6 is 11.3 Å². The lowest BCUT2D eigenvalue weighted by atomic mass is 10.2. The maximum absolute atomic E-state index is 12.7. The molecule has 1 amide bonds. The summed E-state index contributed by atoms with van der Waals surface area (Å²) in [5.41, 5.74) is 1.13. The molecule has 0 saturated carbocycles. The average Bonchev–Trinajstić information content (AvgIpc) is 3.01. The number of rotatable bonds is 6. The van der Waals surface area contributed by atoms with Crippen LogP contribution in [0.1, 0.15) is 10.4 Å². The number of nitrogens with zero attached hydrogens (tertiary/aromatic N) is 2. The number of benzene rings is 2. The molecule has 0 aliphatic heterocycles. The Labute approximate surface area is 166 Å². The van der Waals surface area contributed by atoms with E-state index in [0.717, 1.165) is 16.5 Å². The van der Waals surface area contributed by atoms with E-state index in [1.807, 2.05) is 22.8 Å². The lowest BCUT2D eigenvalue weighted by Crippen LogP contribution is -2.19. The molecule has 0 fully saturated rings. The fourth-order valence-corrected chi connectivity index (χ4v) is 4.43. The molecule has 0 unspecified atom stereocenters. The van der Waals surface area contributed by atoms with Crippen LogP contribution in [-0.2, 0) is 21.1 Å². The molecule has 3 aromatic rings. The lowest BCUT2D eigenvalue weighted by molar-refractivity contribution is 0.0997. The summed E-state index contributed by atoms with van der Waals surface area (Å²) in [6.45, 7) is 0.987. The number of hydrogen-bond acceptors (Lipinski definition) is 6. The number of thiazole rings is 1. The molecule has 2 aromatic carbocycles. The summed E-state index contributed by atoms with van der Waals surface area (Å²) in [5, 5.41) is 0. The van der Waals surface area contributed by atoms with Gasteiger partial charge >= 0.3 is 0 Å². The molecule has 7 nitrogen and oxygen atoms in total. The molecule has 1 heterocycles. The van der Waals surface area contributed by atoms with Gasteiger partial charge < -0.3 is 14.0 Å². The summed E-state index contributed by atoms with van der Waals surface area (Å²) in [7, 11) is -0.204. The molecule has 1 aromatic heterocycles. The van der Waals surface area contributed by atoms with Gasteiger partial charge in [0.05, 0.1) is 28.8 Å². The van der Waals surface area contributed by atoms with Crippen molar-refractivity contribution >= 4 is 37.3 Å². The second kappa shape index (κ2) is 8.26. The van der Waals surface area contributed by atoms with Crippen LogP contribution in [0.25, 0.3) is 10.2 Å². The Kier molecular flexibility index (Phi) is 5.97.